The molecular weight excluding hydrogens is 1090 g/mol. The lowest BCUT2D eigenvalue weighted by atomic mass is 10.0. The zero-order chi connectivity index (χ0) is 64.2. The molecule has 0 spiro atoms. The molecule has 0 bridgehead atoms. The Bertz CT molecular complexity index is 1440. The molecule has 89 heavy (non-hydrogen) atoms. The van der Waals surface area contributed by atoms with Gasteiger partial charge in [0.15, 0.2) is 0 Å². The van der Waals surface area contributed by atoms with Crippen LogP contribution in [0.25, 0.3) is 0 Å². The van der Waals surface area contributed by atoms with Crippen LogP contribution in [0.2, 0.25) is 0 Å². The number of carbonyl (C=O) groups is 2. The Balaban J connectivity index is 3.37. The fraction of sp³-hybridized carbons (Fsp3) is 0.904. The van der Waals surface area contributed by atoms with Crippen molar-refractivity contribution in [1.82, 2.24) is 5.32 Å². The summed E-state index contributed by atoms with van der Waals surface area (Å²) in [5.41, 5.74) is 0. The van der Waals surface area contributed by atoms with Crippen LogP contribution in [-0.4, -0.2) is 47.4 Å². The van der Waals surface area contributed by atoms with Crippen LogP contribution in [0.1, 0.15) is 457 Å². The third-order valence-electron chi connectivity index (χ3n) is 19.1. The topological polar surface area (TPSA) is 95.9 Å². The van der Waals surface area contributed by atoms with E-state index in [4.69, 9.17) is 4.74 Å². The summed E-state index contributed by atoms with van der Waals surface area (Å²) < 4.78 is 5.52. The summed E-state index contributed by atoms with van der Waals surface area (Å²) in [6.45, 7) is 4.95. The number of allylic oxidation sites excluding steroid dienone is 5. The number of esters is 1. The number of hydrogen-bond donors (Lipinski definition) is 3. The molecule has 0 aliphatic rings. The van der Waals surface area contributed by atoms with Crippen molar-refractivity contribution in [3.8, 4) is 0 Å². The molecule has 0 rings (SSSR count). The van der Waals surface area contributed by atoms with Crippen LogP contribution in [0.15, 0.2) is 36.5 Å². The molecule has 1 amide bonds. The van der Waals surface area contributed by atoms with E-state index in [2.05, 4.69) is 43.5 Å². The molecule has 2 unspecified atom stereocenters. The first kappa shape index (κ1) is 87.1. The highest BCUT2D eigenvalue weighted by atomic mass is 16.5. The molecule has 0 aromatic carbocycles. The van der Waals surface area contributed by atoms with Gasteiger partial charge in [0.05, 0.1) is 25.4 Å². The molecule has 0 aromatic heterocycles. The van der Waals surface area contributed by atoms with E-state index >= 15 is 0 Å². The zero-order valence-corrected chi connectivity index (χ0v) is 60.4. The number of hydrogen-bond acceptors (Lipinski definition) is 5. The van der Waals surface area contributed by atoms with Crippen LogP contribution < -0.4 is 5.32 Å². The van der Waals surface area contributed by atoms with Crippen molar-refractivity contribution < 1.29 is 24.5 Å². The fourth-order valence-electron chi connectivity index (χ4n) is 12.9. The van der Waals surface area contributed by atoms with Crippen molar-refractivity contribution in [2.45, 2.75) is 469 Å². The van der Waals surface area contributed by atoms with E-state index in [0.29, 0.717) is 19.4 Å². The molecule has 0 heterocycles. The van der Waals surface area contributed by atoms with Crippen LogP contribution in [0.3, 0.4) is 0 Å². The molecule has 0 aliphatic carbocycles. The van der Waals surface area contributed by atoms with Crippen LogP contribution in [0, 0.1) is 0 Å². The Morgan fingerprint density at radius 1 is 0.303 bits per heavy atom. The molecule has 6 heteroatoms. The van der Waals surface area contributed by atoms with E-state index in [9.17, 15) is 19.8 Å². The van der Waals surface area contributed by atoms with E-state index in [0.717, 1.165) is 38.5 Å². The van der Waals surface area contributed by atoms with Crippen molar-refractivity contribution in [1.29, 1.82) is 0 Å². The minimum absolute atomic E-state index is 0.0179. The number of ether oxygens (including phenoxy) is 1. The number of amides is 1. The maximum absolute atomic E-state index is 12.5. The highest BCUT2D eigenvalue weighted by molar-refractivity contribution is 5.76. The van der Waals surface area contributed by atoms with Crippen molar-refractivity contribution >= 4 is 11.9 Å². The van der Waals surface area contributed by atoms with Crippen molar-refractivity contribution in [3.63, 3.8) is 0 Å². The molecule has 526 valence electrons. The summed E-state index contributed by atoms with van der Waals surface area (Å²) in [5.74, 6) is -0.0433. The second-order valence-electron chi connectivity index (χ2n) is 28.1. The Labute approximate surface area is 557 Å². The Morgan fingerprint density at radius 3 is 0.798 bits per heavy atom. The number of unbranched alkanes of at least 4 members (excludes halogenated alkanes) is 62. The molecule has 0 fully saturated rings. The summed E-state index contributed by atoms with van der Waals surface area (Å²) in [6.07, 6.45) is 103. The van der Waals surface area contributed by atoms with E-state index in [1.54, 1.807) is 6.08 Å². The average molecular weight is 1250 g/mol. The standard InChI is InChI=1S/C83H159NO5/c1-3-5-7-9-11-13-15-17-19-21-23-24-36-40-43-47-51-55-59-63-67-71-75-81(86)80(79-85)84-82(87)76-72-68-64-60-56-52-48-44-41-37-34-32-30-28-26-25-27-29-31-33-35-38-42-46-50-54-58-62-66-70-74-78-89-83(88)77-73-69-65-61-57-53-49-45-39-22-20-18-16-14-12-10-8-6-4-2/h18,20,27,29,71,75,80-81,85-86H,3-17,19,21-26,28,30-70,72-74,76-79H2,1-2H3,(H,84,87)/b20-18-,29-27-,75-71+. The highest BCUT2D eigenvalue weighted by Crippen LogP contribution is 2.20. The van der Waals surface area contributed by atoms with Gasteiger partial charge in [-0.05, 0) is 83.5 Å². The van der Waals surface area contributed by atoms with Gasteiger partial charge < -0.3 is 20.3 Å². The van der Waals surface area contributed by atoms with E-state index in [1.165, 1.54) is 392 Å². The Hall–Kier alpha value is -1.92. The molecule has 0 saturated carbocycles. The van der Waals surface area contributed by atoms with Gasteiger partial charge in [-0.3, -0.25) is 9.59 Å². The van der Waals surface area contributed by atoms with Gasteiger partial charge in [-0.15, -0.1) is 0 Å². The SMILES string of the molecule is CCCCCCCC/C=C\CCCCCCCCCCCC(=O)OCCCCCCCCCCCCCC/C=C\CCCCCCCCCCCCCCCCCC(=O)NC(CO)C(O)/C=C/CCCCCCCCCCCCCCCCCCCCCC. The molecule has 6 nitrogen and oxygen atoms in total. The third-order valence-corrected chi connectivity index (χ3v) is 19.1. The summed E-state index contributed by atoms with van der Waals surface area (Å²) >= 11 is 0. The maximum atomic E-state index is 12.5. The van der Waals surface area contributed by atoms with Gasteiger partial charge in [-0.2, -0.15) is 0 Å². The van der Waals surface area contributed by atoms with Gasteiger partial charge in [0.2, 0.25) is 5.91 Å². The Kier molecular flexibility index (Phi) is 76.8. The lowest BCUT2D eigenvalue weighted by molar-refractivity contribution is -0.143. The molecule has 0 saturated heterocycles. The number of aliphatic hydroxyl groups excluding tert-OH is 2. The minimum Gasteiger partial charge on any atom is -0.466 e. The number of aliphatic hydroxyl groups is 2. The quantitative estimate of drug-likeness (QED) is 0.0320. The average Bonchev–Trinajstić information content (AvgIpc) is 3.68. The number of rotatable bonds is 77. The van der Waals surface area contributed by atoms with Gasteiger partial charge >= 0.3 is 5.97 Å². The second-order valence-corrected chi connectivity index (χ2v) is 28.1. The summed E-state index contributed by atoms with van der Waals surface area (Å²) in [6, 6.07) is -0.628. The van der Waals surface area contributed by atoms with Crippen molar-refractivity contribution in [3.05, 3.63) is 36.5 Å². The normalized spacial score (nSPS) is 12.6. The van der Waals surface area contributed by atoms with Crippen LogP contribution in [0.5, 0.6) is 0 Å². The summed E-state index contributed by atoms with van der Waals surface area (Å²) in [4.78, 5) is 24.7. The predicted octanol–water partition coefficient (Wildman–Crippen LogP) is 27.0. The van der Waals surface area contributed by atoms with Crippen LogP contribution in [-0.2, 0) is 14.3 Å². The summed E-state index contributed by atoms with van der Waals surface area (Å²) in [5, 5.41) is 23.3. The number of carbonyl (C=O) groups excluding carboxylic acids is 2. The van der Waals surface area contributed by atoms with Gasteiger partial charge in [0.1, 0.15) is 0 Å². The second kappa shape index (κ2) is 78.5. The molecule has 0 aromatic rings. The fourth-order valence-corrected chi connectivity index (χ4v) is 12.9. The molecule has 0 aliphatic heterocycles. The van der Waals surface area contributed by atoms with Crippen LogP contribution >= 0.6 is 0 Å². The first-order valence-corrected chi connectivity index (χ1v) is 40.8. The molecule has 0 radical (unpaired) electrons. The first-order chi connectivity index (χ1) is 44.0. The predicted molar refractivity (Wildman–Crippen MR) is 393 cm³/mol. The highest BCUT2D eigenvalue weighted by Gasteiger charge is 2.18. The molecule has 2 atom stereocenters. The lowest BCUT2D eigenvalue weighted by Gasteiger charge is -2.20. The first-order valence-electron chi connectivity index (χ1n) is 40.8. The van der Waals surface area contributed by atoms with Gasteiger partial charge in [-0.1, -0.05) is 397 Å². The van der Waals surface area contributed by atoms with Gasteiger partial charge in [0.25, 0.3) is 0 Å². The van der Waals surface area contributed by atoms with E-state index < -0.39 is 12.1 Å². The Morgan fingerprint density at radius 2 is 0.528 bits per heavy atom. The smallest absolute Gasteiger partial charge is 0.305 e. The van der Waals surface area contributed by atoms with Crippen molar-refractivity contribution in [2.24, 2.45) is 0 Å². The van der Waals surface area contributed by atoms with Gasteiger partial charge in [0, 0.05) is 12.8 Å². The van der Waals surface area contributed by atoms with Crippen LogP contribution in [0.4, 0.5) is 0 Å². The largest absolute Gasteiger partial charge is 0.466 e. The lowest BCUT2D eigenvalue weighted by Crippen LogP contribution is -2.45. The monoisotopic (exact) mass is 1250 g/mol. The summed E-state index contributed by atoms with van der Waals surface area (Å²) in [7, 11) is 0. The zero-order valence-electron chi connectivity index (χ0n) is 60.4. The van der Waals surface area contributed by atoms with E-state index in [-0.39, 0.29) is 18.5 Å². The maximum Gasteiger partial charge on any atom is 0.305 e. The third kappa shape index (κ3) is 75.0. The minimum atomic E-state index is -0.845. The molecular formula is C83H159NO5. The van der Waals surface area contributed by atoms with Crippen molar-refractivity contribution in [2.75, 3.05) is 13.2 Å². The molecule has 3 N–H and O–H groups in total. The van der Waals surface area contributed by atoms with E-state index in [1.807, 2.05) is 6.08 Å². The van der Waals surface area contributed by atoms with Gasteiger partial charge in [-0.25, -0.2) is 0 Å². The number of nitrogens with one attached hydrogen (secondary N) is 1.